The number of carbonyl (C=O) groups is 1. The first-order chi connectivity index (χ1) is 8.27. The van der Waals surface area contributed by atoms with Gasteiger partial charge in [0.1, 0.15) is 6.04 Å². The minimum absolute atomic E-state index is 0.00882. The van der Waals surface area contributed by atoms with Gasteiger partial charge in [-0.2, -0.15) is 4.72 Å². The summed E-state index contributed by atoms with van der Waals surface area (Å²) < 4.78 is 31.0. The van der Waals surface area contributed by atoms with E-state index in [4.69, 9.17) is 11.6 Å². The first kappa shape index (κ1) is 15.4. The van der Waals surface area contributed by atoms with E-state index in [1.165, 1.54) is 32.2 Å². The number of nitrogens with one attached hydrogen (secondary N) is 1. The third kappa shape index (κ3) is 3.68. The largest absolute Gasteiger partial charge is 0.468 e. The van der Waals surface area contributed by atoms with Crippen LogP contribution in [0.15, 0.2) is 27.6 Å². The lowest BCUT2D eigenvalue weighted by Crippen LogP contribution is -2.39. The van der Waals surface area contributed by atoms with Gasteiger partial charge < -0.3 is 4.74 Å². The van der Waals surface area contributed by atoms with E-state index in [-0.39, 0.29) is 4.90 Å². The number of ether oxygens (including phenoxy) is 1. The van der Waals surface area contributed by atoms with Gasteiger partial charge in [-0.3, -0.25) is 4.79 Å². The van der Waals surface area contributed by atoms with E-state index >= 15 is 0 Å². The van der Waals surface area contributed by atoms with Gasteiger partial charge in [-0.25, -0.2) is 8.42 Å². The molecular weight excluding hydrogens is 346 g/mol. The maximum atomic E-state index is 11.9. The third-order valence-corrected chi connectivity index (χ3v) is 4.84. The Morgan fingerprint density at radius 3 is 2.61 bits per heavy atom. The molecule has 1 aromatic rings. The van der Waals surface area contributed by atoms with E-state index in [0.29, 0.717) is 9.50 Å². The molecule has 0 saturated carbocycles. The molecule has 1 N–H and O–H groups in total. The van der Waals surface area contributed by atoms with Gasteiger partial charge in [0.15, 0.2) is 0 Å². The molecule has 0 radical (unpaired) electrons. The molecule has 100 valence electrons. The summed E-state index contributed by atoms with van der Waals surface area (Å²) in [6, 6.07) is 3.19. The van der Waals surface area contributed by atoms with Crippen LogP contribution in [0.4, 0.5) is 0 Å². The van der Waals surface area contributed by atoms with Crippen LogP contribution in [0.25, 0.3) is 0 Å². The van der Waals surface area contributed by atoms with Gasteiger partial charge in [-0.05, 0) is 41.1 Å². The van der Waals surface area contributed by atoms with Gasteiger partial charge in [0.2, 0.25) is 10.0 Å². The Morgan fingerprint density at radius 1 is 1.50 bits per heavy atom. The van der Waals surface area contributed by atoms with Crippen LogP contribution in [0, 0.1) is 0 Å². The summed E-state index contributed by atoms with van der Waals surface area (Å²) in [5.74, 6) is -0.661. The molecule has 0 bridgehead atoms. The Balaban J connectivity index is 3.00. The smallest absolute Gasteiger partial charge is 0.323 e. The molecule has 1 unspecified atom stereocenters. The molecule has 0 amide bonds. The van der Waals surface area contributed by atoms with E-state index < -0.39 is 22.0 Å². The SMILES string of the molecule is COC(=O)C(C)NS(=O)(=O)c1ccc(Cl)c(Br)c1. The topological polar surface area (TPSA) is 72.5 Å². The van der Waals surface area contributed by atoms with Crippen molar-refractivity contribution in [3.63, 3.8) is 0 Å². The van der Waals surface area contributed by atoms with Crippen molar-refractivity contribution in [1.82, 2.24) is 4.72 Å². The van der Waals surface area contributed by atoms with Crippen molar-refractivity contribution in [2.24, 2.45) is 0 Å². The summed E-state index contributed by atoms with van der Waals surface area (Å²) in [6.07, 6.45) is 0. The van der Waals surface area contributed by atoms with Crippen molar-refractivity contribution < 1.29 is 17.9 Å². The molecule has 0 fully saturated rings. The lowest BCUT2D eigenvalue weighted by atomic mass is 10.4. The second kappa shape index (κ2) is 6.01. The zero-order chi connectivity index (χ0) is 13.9. The predicted molar refractivity (Wildman–Crippen MR) is 71.0 cm³/mol. The Kier molecular flexibility index (Phi) is 5.15. The first-order valence-electron chi connectivity index (χ1n) is 4.83. The zero-order valence-electron chi connectivity index (χ0n) is 9.61. The quantitative estimate of drug-likeness (QED) is 0.837. The molecule has 1 rings (SSSR count). The highest BCUT2D eigenvalue weighted by Gasteiger charge is 2.22. The summed E-state index contributed by atoms with van der Waals surface area (Å²) >= 11 is 8.90. The minimum atomic E-state index is -3.79. The molecule has 18 heavy (non-hydrogen) atoms. The number of hydrogen-bond donors (Lipinski definition) is 1. The zero-order valence-corrected chi connectivity index (χ0v) is 12.8. The normalized spacial score (nSPS) is 13.1. The van der Waals surface area contributed by atoms with Gasteiger partial charge in [0, 0.05) is 4.47 Å². The van der Waals surface area contributed by atoms with Crippen LogP contribution in [-0.2, 0) is 19.6 Å². The molecule has 0 saturated heterocycles. The van der Waals surface area contributed by atoms with E-state index in [0.717, 1.165) is 0 Å². The van der Waals surface area contributed by atoms with E-state index in [1.54, 1.807) is 0 Å². The number of benzene rings is 1. The van der Waals surface area contributed by atoms with Crippen molar-refractivity contribution in [3.05, 3.63) is 27.7 Å². The van der Waals surface area contributed by atoms with E-state index in [2.05, 4.69) is 25.4 Å². The van der Waals surface area contributed by atoms with Gasteiger partial charge in [0.05, 0.1) is 17.0 Å². The lowest BCUT2D eigenvalue weighted by molar-refractivity contribution is -0.142. The first-order valence-corrected chi connectivity index (χ1v) is 7.48. The predicted octanol–water partition coefficient (Wildman–Crippen LogP) is 1.94. The van der Waals surface area contributed by atoms with Gasteiger partial charge >= 0.3 is 5.97 Å². The van der Waals surface area contributed by atoms with Crippen LogP contribution in [0.1, 0.15) is 6.92 Å². The summed E-state index contributed by atoms with van der Waals surface area (Å²) in [4.78, 5) is 11.2. The summed E-state index contributed by atoms with van der Waals surface area (Å²) in [5.41, 5.74) is 0. The highest BCUT2D eigenvalue weighted by atomic mass is 79.9. The Morgan fingerprint density at radius 2 is 2.11 bits per heavy atom. The fourth-order valence-electron chi connectivity index (χ4n) is 1.17. The average molecular weight is 357 g/mol. The van der Waals surface area contributed by atoms with Crippen LogP contribution in [0.2, 0.25) is 5.02 Å². The van der Waals surface area contributed by atoms with Crippen molar-refractivity contribution in [3.8, 4) is 0 Å². The average Bonchev–Trinajstić information content (AvgIpc) is 2.30. The maximum Gasteiger partial charge on any atom is 0.323 e. The van der Waals surface area contributed by atoms with Crippen molar-refractivity contribution in [2.45, 2.75) is 17.9 Å². The number of rotatable bonds is 4. The second-order valence-corrected chi connectivity index (χ2v) is 6.42. The molecule has 1 atom stereocenters. The van der Waals surface area contributed by atoms with Crippen LogP contribution < -0.4 is 4.72 Å². The standard InChI is InChI=1S/C10H11BrClNO4S/c1-6(10(14)17-2)13-18(15,16)7-3-4-9(12)8(11)5-7/h3-6,13H,1-2H3. The summed E-state index contributed by atoms with van der Waals surface area (Å²) in [7, 11) is -2.61. The molecule has 0 aliphatic heterocycles. The Labute approximate surface area is 119 Å². The van der Waals surface area contributed by atoms with Crippen molar-refractivity contribution in [1.29, 1.82) is 0 Å². The van der Waals surface area contributed by atoms with Crippen LogP contribution in [-0.4, -0.2) is 27.5 Å². The number of hydrogen-bond acceptors (Lipinski definition) is 4. The molecule has 1 aromatic carbocycles. The molecule has 8 heteroatoms. The molecule has 0 aliphatic carbocycles. The minimum Gasteiger partial charge on any atom is -0.468 e. The summed E-state index contributed by atoms with van der Waals surface area (Å²) in [6.45, 7) is 1.40. The van der Waals surface area contributed by atoms with Gasteiger partial charge in [-0.15, -0.1) is 0 Å². The van der Waals surface area contributed by atoms with Gasteiger partial charge in [0.25, 0.3) is 0 Å². The third-order valence-electron chi connectivity index (χ3n) is 2.09. The highest BCUT2D eigenvalue weighted by Crippen LogP contribution is 2.25. The van der Waals surface area contributed by atoms with E-state index in [9.17, 15) is 13.2 Å². The fraction of sp³-hybridized carbons (Fsp3) is 0.300. The van der Waals surface area contributed by atoms with Crippen molar-refractivity contribution >= 4 is 43.5 Å². The number of methoxy groups -OCH3 is 1. The summed E-state index contributed by atoms with van der Waals surface area (Å²) in [5, 5.41) is 0.398. The Bertz CT molecular complexity index is 561. The highest BCUT2D eigenvalue weighted by molar-refractivity contribution is 9.10. The molecule has 0 aliphatic rings. The van der Waals surface area contributed by atoms with Gasteiger partial charge in [-0.1, -0.05) is 11.6 Å². The Hall–Kier alpha value is -0.630. The number of sulfonamides is 1. The molecule has 0 aromatic heterocycles. The van der Waals surface area contributed by atoms with Crippen molar-refractivity contribution in [2.75, 3.05) is 7.11 Å². The number of carbonyl (C=O) groups excluding carboxylic acids is 1. The molecule has 0 spiro atoms. The van der Waals surface area contributed by atoms with Crippen LogP contribution in [0.3, 0.4) is 0 Å². The lowest BCUT2D eigenvalue weighted by Gasteiger charge is -2.12. The van der Waals surface area contributed by atoms with E-state index in [1.807, 2.05) is 0 Å². The van der Waals surface area contributed by atoms with Crippen LogP contribution in [0.5, 0.6) is 0 Å². The molecule has 0 heterocycles. The maximum absolute atomic E-state index is 11.9. The molecular formula is C10H11BrClNO4S. The number of halogens is 2. The van der Waals surface area contributed by atoms with Crippen LogP contribution >= 0.6 is 27.5 Å². The second-order valence-electron chi connectivity index (χ2n) is 3.44. The monoisotopic (exact) mass is 355 g/mol. The fourth-order valence-corrected chi connectivity index (χ4v) is 3.04. The molecule has 5 nitrogen and oxygen atoms in total. The number of esters is 1.